The number of rotatable bonds is 8. The van der Waals surface area contributed by atoms with E-state index in [0.29, 0.717) is 46.5 Å². The third-order valence-corrected chi connectivity index (χ3v) is 10.8. The number of aromatic carboxylic acids is 1. The minimum absolute atomic E-state index is 0.0373. The van der Waals surface area contributed by atoms with Crippen LogP contribution in [0, 0.1) is 19.7 Å². The second kappa shape index (κ2) is 13.4. The van der Waals surface area contributed by atoms with Crippen molar-refractivity contribution in [3.63, 3.8) is 0 Å². The van der Waals surface area contributed by atoms with Crippen molar-refractivity contribution in [1.29, 1.82) is 0 Å². The predicted molar refractivity (Wildman–Crippen MR) is 184 cm³/mol. The van der Waals surface area contributed by atoms with Gasteiger partial charge in [-0.25, -0.2) is 14.2 Å². The Labute approximate surface area is 286 Å². The molecular formula is C36H35ClFN5O4S. The number of piperidine rings is 1. The van der Waals surface area contributed by atoms with E-state index in [1.54, 1.807) is 40.4 Å². The highest BCUT2D eigenvalue weighted by atomic mass is 35.5. The van der Waals surface area contributed by atoms with Gasteiger partial charge >= 0.3 is 5.97 Å². The molecule has 1 aliphatic carbocycles. The maximum absolute atomic E-state index is 14.5. The average Bonchev–Trinajstić information content (AvgIpc) is 3.51. The van der Waals surface area contributed by atoms with Crippen molar-refractivity contribution in [3.8, 4) is 16.9 Å². The van der Waals surface area contributed by atoms with Gasteiger partial charge in [-0.2, -0.15) is 0 Å². The molecule has 1 aromatic carbocycles. The highest BCUT2D eigenvalue weighted by Gasteiger charge is 2.33. The van der Waals surface area contributed by atoms with Gasteiger partial charge in [0.1, 0.15) is 24.0 Å². The number of benzene rings is 1. The fraction of sp³-hybridized carbons (Fsp3) is 0.361. The fourth-order valence-electron chi connectivity index (χ4n) is 7.22. The first kappa shape index (κ1) is 32.4. The van der Waals surface area contributed by atoms with Crippen LogP contribution in [0.15, 0.2) is 52.8 Å². The van der Waals surface area contributed by atoms with E-state index in [0.717, 1.165) is 65.9 Å². The van der Waals surface area contributed by atoms with E-state index >= 15 is 0 Å². The number of carbonyl (C=O) groups is 1. The molecule has 7 rings (SSSR count). The van der Waals surface area contributed by atoms with Crippen LogP contribution in [-0.2, 0) is 19.4 Å². The predicted octanol–water partition coefficient (Wildman–Crippen LogP) is 6.84. The number of fused-ring (bicyclic) bond motifs is 2. The Balaban J connectivity index is 1.10. The van der Waals surface area contributed by atoms with Crippen molar-refractivity contribution in [1.82, 2.24) is 24.4 Å². The van der Waals surface area contributed by atoms with Crippen LogP contribution in [0.3, 0.4) is 0 Å². The zero-order chi connectivity index (χ0) is 33.5. The van der Waals surface area contributed by atoms with Crippen LogP contribution in [-0.4, -0.2) is 61.2 Å². The third kappa shape index (κ3) is 6.22. The lowest BCUT2D eigenvalue weighted by Crippen LogP contribution is -2.46. The lowest BCUT2D eigenvalue weighted by molar-refractivity contribution is 0.0699. The number of hydrogen-bond acceptors (Lipinski definition) is 8. The molecule has 1 saturated heterocycles. The molecule has 5 aromatic rings. The molecule has 1 fully saturated rings. The topological polar surface area (TPSA) is 110 Å². The quantitative estimate of drug-likeness (QED) is 0.189. The molecule has 48 heavy (non-hydrogen) atoms. The second-order valence-electron chi connectivity index (χ2n) is 12.6. The van der Waals surface area contributed by atoms with Crippen molar-refractivity contribution >= 4 is 39.1 Å². The van der Waals surface area contributed by atoms with Crippen LogP contribution in [0.5, 0.6) is 5.75 Å². The molecule has 0 saturated carbocycles. The van der Waals surface area contributed by atoms with Crippen molar-refractivity contribution < 1.29 is 19.0 Å². The zero-order valence-corrected chi connectivity index (χ0v) is 28.3. The number of carboxylic acid groups (broad SMARTS) is 1. The Bertz CT molecular complexity index is 2100. The number of aryl methyl sites for hydroxylation is 3. The average molecular weight is 688 g/mol. The molecule has 0 unspecified atom stereocenters. The van der Waals surface area contributed by atoms with Gasteiger partial charge < -0.3 is 9.84 Å². The number of likely N-dealkylation sites (tertiary alicyclic amines) is 1. The monoisotopic (exact) mass is 687 g/mol. The molecule has 12 heteroatoms. The highest BCUT2D eigenvalue weighted by molar-refractivity contribution is 7.18. The van der Waals surface area contributed by atoms with E-state index in [4.69, 9.17) is 21.3 Å². The van der Waals surface area contributed by atoms with Gasteiger partial charge in [-0.15, -0.1) is 11.3 Å². The summed E-state index contributed by atoms with van der Waals surface area (Å²) in [6.45, 7) is 5.83. The molecule has 0 amide bonds. The summed E-state index contributed by atoms with van der Waals surface area (Å²) < 4.78 is 23.3. The summed E-state index contributed by atoms with van der Waals surface area (Å²) in [4.78, 5) is 41.9. The molecule has 9 nitrogen and oxygen atoms in total. The van der Waals surface area contributed by atoms with Crippen molar-refractivity contribution in [2.75, 3.05) is 19.7 Å². The summed E-state index contributed by atoms with van der Waals surface area (Å²) in [6.07, 6.45) is 5.76. The molecule has 0 spiro atoms. The van der Waals surface area contributed by atoms with E-state index in [9.17, 15) is 19.1 Å². The largest absolute Gasteiger partial charge is 0.491 e. The standard InChI is InChI=1S/C36H35ClFN5O4S/c1-20-15-26(34-33(40-20)28(19-48-34)36(45)46)25-16-23(37)7-10-31(25)47-14-13-43-21(2)41-30-9-8-24(17-27(30)35(43)44)42-12-4-5-22(18-42)32-29(38)6-3-11-39-32/h3,6-7,10-11,15-16,19,22,24H,4-5,8-9,12-14,17-18H2,1-2H3,(H,45,46)/t22-,24-/m1/s1. The highest BCUT2D eigenvalue weighted by Crippen LogP contribution is 2.40. The number of pyridine rings is 2. The molecule has 4 aromatic heterocycles. The van der Waals surface area contributed by atoms with Gasteiger partial charge in [-0.3, -0.25) is 24.2 Å². The Morgan fingerprint density at radius 1 is 1.17 bits per heavy atom. The number of hydrogen-bond donors (Lipinski definition) is 1. The van der Waals surface area contributed by atoms with Gasteiger partial charge in [0.15, 0.2) is 0 Å². The van der Waals surface area contributed by atoms with Crippen molar-refractivity contribution in [2.24, 2.45) is 0 Å². The van der Waals surface area contributed by atoms with E-state index < -0.39 is 5.97 Å². The summed E-state index contributed by atoms with van der Waals surface area (Å²) in [7, 11) is 0. The fourth-order valence-corrected chi connectivity index (χ4v) is 8.40. The van der Waals surface area contributed by atoms with Crippen molar-refractivity contribution in [2.45, 2.75) is 64.5 Å². The van der Waals surface area contributed by atoms with Crippen LogP contribution >= 0.6 is 22.9 Å². The Morgan fingerprint density at radius 3 is 2.83 bits per heavy atom. The summed E-state index contributed by atoms with van der Waals surface area (Å²) in [5.74, 6) is -0.0323. The van der Waals surface area contributed by atoms with Crippen molar-refractivity contribution in [3.05, 3.63) is 103 Å². The van der Waals surface area contributed by atoms with Crippen LogP contribution in [0.4, 0.5) is 4.39 Å². The van der Waals surface area contributed by atoms with E-state index in [-0.39, 0.29) is 35.5 Å². The maximum Gasteiger partial charge on any atom is 0.338 e. The molecule has 1 aliphatic heterocycles. The zero-order valence-electron chi connectivity index (χ0n) is 26.7. The molecular weight excluding hydrogens is 653 g/mol. The molecule has 0 bridgehead atoms. The number of aromatic nitrogens is 4. The number of halogens is 2. The number of ether oxygens (including phenoxy) is 1. The molecule has 2 aliphatic rings. The lowest BCUT2D eigenvalue weighted by Gasteiger charge is -2.40. The minimum atomic E-state index is -1.03. The molecule has 1 N–H and O–H groups in total. The number of thiophene rings is 1. The minimum Gasteiger partial charge on any atom is -0.491 e. The second-order valence-corrected chi connectivity index (χ2v) is 13.9. The van der Waals surface area contributed by atoms with Crippen LogP contribution in [0.2, 0.25) is 5.02 Å². The molecule has 5 heterocycles. The Hall–Kier alpha value is -4.19. The van der Waals surface area contributed by atoms with Crippen LogP contribution in [0.25, 0.3) is 21.3 Å². The third-order valence-electron chi connectivity index (χ3n) is 9.52. The van der Waals surface area contributed by atoms with Gasteiger partial charge in [0.25, 0.3) is 5.56 Å². The van der Waals surface area contributed by atoms with Gasteiger partial charge in [0, 0.05) is 57.5 Å². The maximum atomic E-state index is 14.5. The smallest absolute Gasteiger partial charge is 0.338 e. The van der Waals surface area contributed by atoms with E-state index in [1.807, 2.05) is 19.9 Å². The summed E-state index contributed by atoms with van der Waals surface area (Å²) in [5, 5.41) is 11.8. The van der Waals surface area contributed by atoms with Gasteiger partial charge in [0.2, 0.25) is 0 Å². The van der Waals surface area contributed by atoms with Crippen LogP contribution < -0.4 is 10.3 Å². The van der Waals surface area contributed by atoms with E-state index in [1.165, 1.54) is 17.4 Å². The van der Waals surface area contributed by atoms with Gasteiger partial charge in [-0.05, 0) is 88.9 Å². The molecule has 2 atom stereocenters. The summed E-state index contributed by atoms with van der Waals surface area (Å²) in [5.41, 5.74) is 4.87. The molecule has 0 radical (unpaired) electrons. The summed E-state index contributed by atoms with van der Waals surface area (Å²) in [6, 6.07) is 10.5. The lowest BCUT2D eigenvalue weighted by atomic mass is 9.87. The van der Waals surface area contributed by atoms with Crippen LogP contribution in [0.1, 0.15) is 64.0 Å². The van der Waals surface area contributed by atoms with E-state index in [2.05, 4.69) is 14.9 Å². The molecule has 248 valence electrons. The first-order valence-electron chi connectivity index (χ1n) is 16.2. The number of carboxylic acids is 1. The Kier molecular flexibility index (Phi) is 9.02. The normalized spacial score (nSPS) is 18.2. The number of nitrogens with zero attached hydrogens (tertiary/aromatic N) is 5. The Morgan fingerprint density at radius 2 is 2.02 bits per heavy atom. The van der Waals surface area contributed by atoms with Gasteiger partial charge in [-0.1, -0.05) is 11.6 Å². The first-order chi connectivity index (χ1) is 23.2. The van der Waals surface area contributed by atoms with Gasteiger partial charge in [0.05, 0.1) is 33.7 Å². The SMILES string of the molecule is Cc1cc(-c2cc(Cl)ccc2OCCn2c(C)nc3c(c2=O)C[C@H](N2CCC[C@@H](c4ncccc4F)C2)CC3)c2scc(C(=O)O)c2n1. The summed E-state index contributed by atoms with van der Waals surface area (Å²) >= 11 is 7.74. The first-order valence-corrected chi connectivity index (χ1v) is 17.4.